The van der Waals surface area contributed by atoms with Crippen LogP contribution in [0.1, 0.15) is 37.5 Å². The highest BCUT2D eigenvalue weighted by Crippen LogP contribution is 2.35. The lowest BCUT2D eigenvalue weighted by Crippen LogP contribution is -2.22. The van der Waals surface area contributed by atoms with E-state index < -0.39 is 43.0 Å². The maximum Gasteiger partial charge on any atom is 0.200 e. The minimum Gasteiger partial charge on any atom is -0.488 e. The summed E-state index contributed by atoms with van der Waals surface area (Å²) in [5.74, 6) is -9.30. The van der Waals surface area contributed by atoms with Crippen molar-refractivity contribution in [2.45, 2.75) is 39.7 Å². The van der Waals surface area contributed by atoms with E-state index in [0.29, 0.717) is 11.1 Å². The van der Waals surface area contributed by atoms with Crippen LogP contribution in [0, 0.1) is 36.0 Å². The number of hydrogen-bond donors (Lipinski definition) is 0. The molecule has 0 N–H and O–H groups in total. The summed E-state index contributed by atoms with van der Waals surface area (Å²) in [6, 6.07) is 12.9. The smallest absolute Gasteiger partial charge is 0.200 e. The Balaban J connectivity index is 2.13. The van der Waals surface area contributed by atoms with Gasteiger partial charge in [0.1, 0.15) is 12.4 Å². The van der Waals surface area contributed by atoms with Crippen LogP contribution in [-0.2, 0) is 12.0 Å². The summed E-state index contributed by atoms with van der Waals surface area (Å²) >= 11 is 0. The second kappa shape index (κ2) is 8.96. The highest BCUT2D eigenvalue weighted by atomic mass is 31.1. The van der Waals surface area contributed by atoms with Crippen LogP contribution in [0.4, 0.5) is 22.0 Å². The van der Waals surface area contributed by atoms with Gasteiger partial charge in [-0.1, -0.05) is 57.2 Å². The van der Waals surface area contributed by atoms with Crippen LogP contribution < -0.4 is 15.3 Å². The summed E-state index contributed by atoms with van der Waals surface area (Å²) in [5.41, 5.74) is 2.08. The minimum absolute atomic E-state index is 0.196. The molecule has 0 aliphatic heterocycles. The SMILES string of the molecule is Cc1cc(Pc2c(F)c(F)c(F)c(F)c2F)c(OCc2ccccc2)c(C(C)(C)C)c1. The topological polar surface area (TPSA) is 9.23 Å². The molecule has 0 spiro atoms. The van der Waals surface area contributed by atoms with Crippen molar-refractivity contribution in [1.29, 1.82) is 0 Å². The number of hydrogen-bond acceptors (Lipinski definition) is 1. The van der Waals surface area contributed by atoms with E-state index in [0.717, 1.165) is 16.7 Å². The third-order valence-corrected chi connectivity index (χ3v) is 6.07. The van der Waals surface area contributed by atoms with Crippen LogP contribution in [0.2, 0.25) is 0 Å². The van der Waals surface area contributed by atoms with Gasteiger partial charge in [0.25, 0.3) is 0 Å². The highest BCUT2D eigenvalue weighted by Gasteiger charge is 2.28. The molecule has 0 aromatic heterocycles. The Hall–Kier alpha value is -2.46. The summed E-state index contributed by atoms with van der Waals surface area (Å²) < 4.78 is 75.7. The standard InChI is InChI=1S/C24H22F5OP/c1-13-10-15(24(2,3)4)22(30-12-14-8-6-5-7-9-14)16(11-13)31-23-20(28)18(26)17(25)19(27)21(23)29/h5-11,31H,12H2,1-4H3. The van der Waals surface area contributed by atoms with Crippen molar-refractivity contribution < 1.29 is 26.7 Å². The molecule has 0 amide bonds. The minimum atomic E-state index is -2.16. The van der Waals surface area contributed by atoms with E-state index >= 15 is 0 Å². The van der Waals surface area contributed by atoms with E-state index in [9.17, 15) is 22.0 Å². The average Bonchev–Trinajstić information content (AvgIpc) is 2.73. The Morgan fingerprint density at radius 3 is 1.90 bits per heavy atom. The number of aryl methyl sites for hydroxylation is 1. The molecular formula is C24H22F5OP. The van der Waals surface area contributed by atoms with Crippen molar-refractivity contribution in [2.75, 3.05) is 0 Å². The predicted molar refractivity (Wildman–Crippen MR) is 114 cm³/mol. The molecule has 0 aliphatic carbocycles. The van der Waals surface area contributed by atoms with Crippen LogP contribution in [0.5, 0.6) is 5.75 Å². The first-order valence-electron chi connectivity index (χ1n) is 9.61. The fourth-order valence-electron chi connectivity index (χ4n) is 3.16. The third kappa shape index (κ3) is 4.90. The first kappa shape index (κ1) is 23.2. The molecule has 0 aliphatic rings. The Labute approximate surface area is 180 Å². The van der Waals surface area contributed by atoms with Gasteiger partial charge < -0.3 is 4.74 Å². The van der Waals surface area contributed by atoms with E-state index in [-0.39, 0.29) is 12.0 Å². The van der Waals surface area contributed by atoms with Crippen LogP contribution in [0.25, 0.3) is 0 Å². The van der Waals surface area contributed by atoms with E-state index in [1.165, 1.54) is 0 Å². The van der Waals surface area contributed by atoms with Gasteiger partial charge in [-0.15, -0.1) is 0 Å². The van der Waals surface area contributed by atoms with Crippen molar-refractivity contribution in [3.05, 3.63) is 88.2 Å². The average molecular weight is 452 g/mol. The first-order valence-corrected chi connectivity index (χ1v) is 10.6. The molecule has 0 saturated heterocycles. The van der Waals surface area contributed by atoms with Gasteiger partial charge in [-0.3, -0.25) is 0 Å². The third-order valence-electron chi connectivity index (χ3n) is 4.74. The molecule has 1 unspecified atom stereocenters. The Morgan fingerprint density at radius 1 is 0.806 bits per heavy atom. The number of benzene rings is 3. The normalized spacial score (nSPS) is 12.0. The summed E-state index contributed by atoms with van der Waals surface area (Å²) in [7, 11) is -0.820. The van der Waals surface area contributed by atoms with Gasteiger partial charge in [-0.25, -0.2) is 22.0 Å². The van der Waals surface area contributed by atoms with Gasteiger partial charge in [0.15, 0.2) is 23.3 Å². The van der Waals surface area contributed by atoms with Crippen LogP contribution >= 0.6 is 8.58 Å². The zero-order valence-electron chi connectivity index (χ0n) is 17.5. The maximum atomic E-state index is 14.4. The summed E-state index contributed by atoms with van der Waals surface area (Å²) in [6.45, 7) is 7.89. The van der Waals surface area contributed by atoms with E-state index in [4.69, 9.17) is 4.74 Å². The lowest BCUT2D eigenvalue weighted by Gasteiger charge is -2.26. The molecular weight excluding hydrogens is 430 g/mol. The number of rotatable bonds is 5. The van der Waals surface area contributed by atoms with Gasteiger partial charge in [0.05, 0.1) is 5.30 Å². The quantitative estimate of drug-likeness (QED) is 0.194. The van der Waals surface area contributed by atoms with Crippen LogP contribution in [-0.4, -0.2) is 0 Å². The molecule has 0 fully saturated rings. The van der Waals surface area contributed by atoms with Crippen LogP contribution in [0.3, 0.4) is 0 Å². The highest BCUT2D eigenvalue weighted by molar-refractivity contribution is 7.55. The van der Waals surface area contributed by atoms with E-state index in [1.807, 2.05) is 64.1 Å². The van der Waals surface area contributed by atoms with Crippen molar-refractivity contribution >= 4 is 19.2 Å². The van der Waals surface area contributed by atoms with Crippen molar-refractivity contribution in [3.63, 3.8) is 0 Å². The molecule has 31 heavy (non-hydrogen) atoms. The van der Waals surface area contributed by atoms with Crippen LogP contribution in [0.15, 0.2) is 42.5 Å². The number of ether oxygens (including phenoxy) is 1. The fourth-order valence-corrected chi connectivity index (χ4v) is 4.49. The largest absolute Gasteiger partial charge is 0.488 e. The van der Waals surface area contributed by atoms with Crippen molar-refractivity contribution in [1.82, 2.24) is 0 Å². The van der Waals surface area contributed by atoms with Gasteiger partial charge in [-0.2, -0.15) is 0 Å². The predicted octanol–water partition coefficient (Wildman–Crippen LogP) is 6.20. The number of halogens is 5. The fraction of sp³-hybridized carbons (Fsp3) is 0.250. The van der Waals surface area contributed by atoms with Gasteiger partial charge in [0.2, 0.25) is 5.82 Å². The zero-order chi connectivity index (χ0) is 22.9. The van der Waals surface area contributed by atoms with Crippen molar-refractivity contribution in [3.8, 4) is 5.75 Å². The Bertz CT molecular complexity index is 1080. The molecule has 7 heteroatoms. The van der Waals surface area contributed by atoms with Crippen molar-refractivity contribution in [2.24, 2.45) is 0 Å². The molecule has 3 rings (SSSR count). The zero-order valence-corrected chi connectivity index (χ0v) is 18.5. The van der Waals surface area contributed by atoms with E-state index in [2.05, 4.69) is 0 Å². The lowest BCUT2D eigenvalue weighted by molar-refractivity contribution is 0.300. The Kier molecular flexibility index (Phi) is 6.70. The molecule has 0 bridgehead atoms. The lowest BCUT2D eigenvalue weighted by atomic mass is 9.85. The monoisotopic (exact) mass is 452 g/mol. The molecule has 3 aromatic rings. The maximum absolute atomic E-state index is 14.4. The molecule has 0 saturated carbocycles. The van der Waals surface area contributed by atoms with Gasteiger partial charge in [0, 0.05) is 10.9 Å². The van der Waals surface area contributed by atoms with E-state index in [1.54, 1.807) is 6.07 Å². The molecule has 164 valence electrons. The molecule has 0 heterocycles. The Morgan fingerprint density at radius 2 is 1.35 bits per heavy atom. The second-order valence-corrected chi connectivity index (χ2v) is 9.57. The molecule has 1 atom stereocenters. The molecule has 1 nitrogen and oxygen atoms in total. The molecule has 3 aromatic carbocycles. The summed E-state index contributed by atoms with van der Waals surface area (Å²) in [4.78, 5) is 0. The van der Waals surface area contributed by atoms with Gasteiger partial charge >= 0.3 is 0 Å². The van der Waals surface area contributed by atoms with Gasteiger partial charge in [-0.05, 0) is 38.1 Å². The summed E-state index contributed by atoms with van der Waals surface area (Å²) in [5, 5.41) is -0.476. The summed E-state index contributed by atoms with van der Waals surface area (Å²) in [6.07, 6.45) is 0. The first-order chi connectivity index (χ1) is 14.5. The molecule has 0 radical (unpaired) electrons. The second-order valence-electron chi connectivity index (χ2n) is 8.28.